The van der Waals surface area contributed by atoms with Gasteiger partial charge in [-0.25, -0.2) is 4.99 Å². The highest BCUT2D eigenvalue weighted by molar-refractivity contribution is 8.00. The van der Waals surface area contributed by atoms with Crippen molar-refractivity contribution >= 4 is 17.6 Å². The molecule has 0 amide bonds. The first-order valence-corrected chi connectivity index (χ1v) is 6.65. The summed E-state index contributed by atoms with van der Waals surface area (Å²) in [5, 5.41) is 18.3. The molecule has 0 unspecified atom stereocenters. The van der Waals surface area contributed by atoms with Crippen LogP contribution in [0.25, 0.3) is 0 Å². The standard InChI is InChI=1S/C11H12N4OS/c1-2-7-9(5-12)8(14)15-11(10(7,9)6-13)16-3-4-17-11/h7H,2-4H2,1H3,(H2,14,15)/p+1/t7-,9-,10-,11-/m1/s1. The number of nitrogens with two attached hydrogens (primary N) is 1. The van der Waals surface area contributed by atoms with Gasteiger partial charge in [0.1, 0.15) is 0 Å². The number of thioether (sulfide) groups is 1. The topological polar surface area (TPSA) is 96.8 Å². The van der Waals surface area contributed by atoms with Crippen LogP contribution in [0.15, 0.2) is 0 Å². The summed E-state index contributed by atoms with van der Waals surface area (Å²) in [6, 6.07) is 4.61. The van der Waals surface area contributed by atoms with E-state index in [2.05, 4.69) is 17.1 Å². The van der Waals surface area contributed by atoms with E-state index in [1.54, 1.807) is 11.8 Å². The lowest BCUT2D eigenvalue weighted by atomic mass is 9.95. The molecule has 1 aliphatic carbocycles. The van der Waals surface area contributed by atoms with Gasteiger partial charge in [-0.3, -0.25) is 5.73 Å². The van der Waals surface area contributed by atoms with Gasteiger partial charge < -0.3 is 4.74 Å². The number of fused-ring (bicyclic) bond motifs is 2. The van der Waals surface area contributed by atoms with Crippen molar-refractivity contribution in [2.24, 2.45) is 22.5 Å². The summed E-state index contributed by atoms with van der Waals surface area (Å²) in [6.07, 6.45) is 0.759. The van der Waals surface area contributed by atoms with E-state index < -0.39 is 15.9 Å². The van der Waals surface area contributed by atoms with Crippen LogP contribution in [0.2, 0.25) is 0 Å². The van der Waals surface area contributed by atoms with Crippen LogP contribution in [0, 0.1) is 39.4 Å². The van der Waals surface area contributed by atoms with Crippen molar-refractivity contribution in [3.8, 4) is 12.1 Å². The van der Waals surface area contributed by atoms with Gasteiger partial charge in [-0.15, -0.1) is 0 Å². The summed E-state index contributed by atoms with van der Waals surface area (Å²) in [5.74, 6) is 1.20. The fraction of sp³-hybridized carbons (Fsp3) is 0.727. The molecule has 6 heteroatoms. The van der Waals surface area contributed by atoms with E-state index in [0.29, 0.717) is 12.4 Å². The van der Waals surface area contributed by atoms with E-state index in [1.165, 1.54) is 0 Å². The molecular formula is C11H13N4OS+. The van der Waals surface area contributed by atoms with Gasteiger partial charge in [-0.2, -0.15) is 10.5 Å². The van der Waals surface area contributed by atoms with Crippen LogP contribution in [0.1, 0.15) is 13.3 Å². The smallest absolute Gasteiger partial charge is 0.277 e. The summed E-state index contributed by atoms with van der Waals surface area (Å²) in [4.78, 5) is 3.07. The predicted molar refractivity (Wildman–Crippen MR) is 61.2 cm³/mol. The second-order valence-corrected chi connectivity index (χ2v) is 5.92. The van der Waals surface area contributed by atoms with Gasteiger partial charge in [0.25, 0.3) is 10.9 Å². The maximum Gasteiger partial charge on any atom is 0.277 e. The maximum absolute atomic E-state index is 9.60. The van der Waals surface area contributed by atoms with Gasteiger partial charge in [0.15, 0.2) is 10.8 Å². The van der Waals surface area contributed by atoms with Crippen molar-refractivity contribution in [2.75, 3.05) is 12.4 Å². The molecule has 0 bridgehead atoms. The lowest BCUT2D eigenvalue weighted by Crippen LogP contribution is -2.88. The minimum Gasteiger partial charge on any atom is -0.327 e. The average molecular weight is 249 g/mol. The van der Waals surface area contributed by atoms with Crippen LogP contribution >= 0.6 is 11.8 Å². The van der Waals surface area contributed by atoms with Gasteiger partial charge in [-0.1, -0.05) is 18.7 Å². The molecule has 5 nitrogen and oxygen atoms in total. The molecule has 0 aromatic heterocycles. The molecule has 2 aliphatic heterocycles. The summed E-state index contributed by atoms with van der Waals surface area (Å²) in [5.41, 5.74) is 4.29. The Balaban J connectivity index is 2.20. The van der Waals surface area contributed by atoms with E-state index in [4.69, 9.17) is 10.5 Å². The summed E-state index contributed by atoms with van der Waals surface area (Å²) < 4.78 is 5.76. The van der Waals surface area contributed by atoms with Crippen molar-refractivity contribution in [1.29, 1.82) is 10.5 Å². The second-order valence-electron chi connectivity index (χ2n) is 4.65. The molecule has 0 aromatic rings. The third kappa shape index (κ3) is 0.801. The maximum atomic E-state index is 9.60. The first-order valence-electron chi connectivity index (χ1n) is 5.66. The van der Waals surface area contributed by atoms with E-state index in [1.807, 2.05) is 6.92 Å². The normalized spacial score (nSPS) is 50.5. The van der Waals surface area contributed by atoms with E-state index in [-0.39, 0.29) is 5.92 Å². The Kier molecular flexibility index (Phi) is 1.89. The number of ether oxygens (including phenoxy) is 1. The van der Waals surface area contributed by atoms with Crippen LogP contribution in [0.5, 0.6) is 0 Å². The van der Waals surface area contributed by atoms with Crippen molar-refractivity contribution in [2.45, 2.75) is 18.4 Å². The molecule has 2 fully saturated rings. The van der Waals surface area contributed by atoms with Gasteiger partial charge in [-0.05, 0) is 6.42 Å². The Morgan fingerprint density at radius 1 is 1.59 bits per heavy atom. The van der Waals surface area contributed by atoms with Crippen LogP contribution in [-0.2, 0) is 4.74 Å². The lowest BCUT2D eigenvalue weighted by molar-refractivity contribution is -0.584. The molecule has 3 N–H and O–H groups in total. The van der Waals surface area contributed by atoms with Gasteiger partial charge in [0.05, 0.1) is 18.7 Å². The summed E-state index contributed by atoms with van der Waals surface area (Å²) in [6.45, 7) is 2.58. The quantitative estimate of drug-likeness (QED) is 0.616. The molecule has 1 saturated carbocycles. The first-order chi connectivity index (χ1) is 8.15. The number of nitriles is 2. The zero-order valence-electron chi connectivity index (χ0n) is 9.49. The third-order valence-electron chi connectivity index (χ3n) is 4.28. The van der Waals surface area contributed by atoms with Crippen LogP contribution in [0.3, 0.4) is 0 Å². The van der Waals surface area contributed by atoms with E-state index in [9.17, 15) is 10.5 Å². The fourth-order valence-electron chi connectivity index (χ4n) is 3.61. The third-order valence-corrected chi connectivity index (χ3v) is 5.60. The summed E-state index contributed by atoms with van der Waals surface area (Å²) in [7, 11) is 0. The lowest BCUT2D eigenvalue weighted by Gasteiger charge is -2.23. The number of hydrogen-bond donors (Lipinski definition) is 2. The Bertz CT molecular complexity index is 499. The Labute approximate surface area is 104 Å². The largest absolute Gasteiger partial charge is 0.327 e. The number of rotatable bonds is 1. The van der Waals surface area contributed by atoms with Gasteiger partial charge >= 0.3 is 0 Å². The monoisotopic (exact) mass is 249 g/mol. The zero-order valence-corrected chi connectivity index (χ0v) is 10.3. The van der Waals surface area contributed by atoms with Crippen LogP contribution < -0.4 is 10.7 Å². The molecule has 0 radical (unpaired) electrons. The second kappa shape index (κ2) is 2.95. The Hall–Kier alpha value is -1.24. The van der Waals surface area contributed by atoms with E-state index in [0.717, 1.165) is 12.2 Å². The molecule has 4 atom stereocenters. The Morgan fingerprint density at radius 2 is 2.35 bits per heavy atom. The minimum absolute atomic E-state index is 0.0307. The van der Waals surface area contributed by atoms with E-state index >= 15 is 0 Å². The van der Waals surface area contributed by atoms with Crippen molar-refractivity contribution in [1.82, 2.24) is 0 Å². The van der Waals surface area contributed by atoms with Crippen molar-refractivity contribution in [3.05, 3.63) is 0 Å². The molecule has 88 valence electrons. The highest BCUT2D eigenvalue weighted by atomic mass is 32.2. The molecule has 3 rings (SSSR count). The zero-order chi connectivity index (χ0) is 12.3. The minimum atomic E-state index is -0.867. The van der Waals surface area contributed by atoms with Crippen LogP contribution in [0.4, 0.5) is 0 Å². The van der Waals surface area contributed by atoms with Crippen molar-refractivity contribution in [3.63, 3.8) is 0 Å². The molecule has 0 aromatic carbocycles. The van der Waals surface area contributed by atoms with Gasteiger partial charge in [0.2, 0.25) is 0 Å². The summed E-state index contributed by atoms with van der Waals surface area (Å²) >= 11 is 1.55. The predicted octanol–water partition coefficient (Wildman–Crippen LogP) is -1.09. The molecule has 3 aliphatic rings. The molecule has 2 heterocycles. The van der Waals surface area contributed by atoms with Gasteiger partial charge in [0, 0.05) is 11.7 Å². The number of hydrogen-bond acceptors (Lipinski definition) is 5. The average Bonchev–Trinajstić information content (AvgIpc) is 2.59. The number of nitrogens with zero attached hydrogens (tertiary/aromatic N) is 2. The SMILES string of the molecule is CC[C@H]1[C@@]2(C#N)[C@@]3([NH+]=C(N)[C@@]12C#N)OCCS3. The molecule has 17 heavy (non-hydrogen) atoms. The molecule has 1 spiro atoms. The highest BCUT2D eigenvalue weighted by Gasteiger charge is 2.95. The highest BCUT2D eigenvalue weighted by Crippen LogP contribution is 2.77. The van der Waals surface area contributed by atoms with Crippen LogP contribution in [-0.4, -0.2) is 23.3 Å². The van der Waals surface area contributed by atoms with Crippen molar-refractivity contribution < 1.29 is 9.73 Å². The first kappa shape index (κ1) is 10.9. The number of amidine groups is 1. The number of nitrogens with one attached hydrogen (secondary N) is 1. The molecular weight excluding hydrogens is 236 g/mol. The molecule has 1 saturated heterocycles. The Morgan fingerprint density at radius 3 is 2.76 bits per heavy atom. The fourth-order valence-corrected chi connectivity index (χ4v) is 4.99.